The van der Waals surface area contributed by atoms with Crippen LogP contribution in [0.25, 0.3) is 0 Å². The molecule has 20 heavy (non-hydrogen) atoms. The van der Waals surface area contributed by atoms with Gasteiger partial charge in [0, 0.05) is 17.2 Å². The molecule has 0 aliphatic heterocycles. The lowest BCUT2D eigenvalue weighted by Crippen LogP contribution is -2.26. The monoisotopic (exact) mass is 332 g/mol. The maximum atomic E-state index is 13.0. The van der Waals surface area contributed by atoms with Crippen LogP contribution in [0.15, 0.2) is 46.9 Å². The first-order chi connectivity index (χ1) is 9.52. The third-order valence-corrected chi connectivity index (χ3v) is 3.48. The van der Waals surface area contributed by atoms with Crippen molar-refractivity contribution in [3.63, 3.8) is 0 Å². The molecule has 0 N–H and O–H groups in total. The fourth-order valence-corrected chi connectivity index (χ4v) is 2.27. The first-order valence-corrected chi connectivity index (χ1v) is 6.55. The van der Waals surface area contributed by atoms with Crippen molar-refractivity contribution in [2.24, 2.45) is 0 Å². The molecule has 0 saturated heterocycles. The molecule has 2 aromatic rings. The number of rotatable bonds is 2. The average molecular weight is 333 g/mol. The van der Waals surface area contributed by atoms with E-state index in [1.54, 1.807) is 31.3 Å². The molecular formula is C15H10BrFN2O. The van der Waals surface area contributed by atoms with Gasteiger partial charge in [0.25, 0.3) is 5.91 Å². The maximum absolute atomic E-state index is 13.0. The van der Waals surface area contributed by atoms with E-state index in [1.165, 1.54) is 23.1 Å². The Balaban J connectivity index is 2.35. The second-order valence-electron chi connectivity index (χ2n) is 4.15. The molecule has 2 rings (SSSR count). The highest BCUT2D eigenvalue weighted by molar-refractivity contribution is 9.10. The Labute approximate surface area is 124 Å². The Hall–Kier alpha value is -2.19. The Bertz CT molecular complexity index is 709. The smallest absolute Gasteiger partial charge is 0.259 e. The third kappa shape index (κ3) is 2.86. The minimum Gasteiger partial charge on any atom is -0.311 e. The second kappa shape index (κ2) is 5.85. The summed E-state index contributed by atoms with van der Waals surface area (Å²) in [6, 6.07) is 12.6. The molecule has 1 amide bonds. The molecule has 100 valence electrons. The Morgan fingerprint density at radius 1 is 1.30 bits per heavy atom. The number of nitriles is 1. The molecule has 0 radical (unpaired) electrons. The number of anilines is 1. The van der Waals surface area contributed by atoms with Gasteiger partial charge in [-0.25, -0.2) is 4.39 Å². The van der Waals surface area contributed by atoms with Crippen LogP contribution in [0.4, 0.5) is 10.1 Å². The Kier molecular flexibility index (Phi) is 4.16. The van der Waals surface area contributed by atoms with Crippen LogP contribution < -0.4 is 4.90 Å². The van der Waals surface area contributed by atoms with Crippen LogP contribution in [-0.2, 0) is 0 Å². The van der Waals surface area contributed by atoms with Crippen molar-refractivity contribution in [2.75, 3.05) is 11.9 Å². The van der Waals surface area contributed by atoms with E-state index in [0.29, 0.717) is 21.3 Å². The molecular weight excluding hydrogens is 323 g/mol. The standard InChI is InChI=1S/C15H10BrFN2O/c1-19(12-4-2-3-10(7-12)9-18)15(20)13-6-5-11(17)8-14(13)16/h2-8H,1H3. The summed E-state index contributed by atoms with van der Waals surface area (Å²) in [5, 5.41) is 8.87. The van der Waals surface area contributed by atoms with Gasteiger partial charge in [0.15, 0.2) is 0 Å². The first-order valence-electron chi connectivity index (χ1n) is 5.76. The topological polar surface area (TPSA) is 44.1 Å². The van der Waals surface area contributed by atoms with E-state index in [0.717, 1.165) is 0 Å². The van der Waals surface area contributed by atoms with Gasteiger partial charge in [0.1, 0.15) is 5.82 Å². The molecule has 0 aliphatic carbocycles. The Morgan fingerprint density at radius 3 is 2.70 bits per heavy atom. The summed E-state index contributed by atoms with van der Waals surface area (Å²) < 4.78 is 13.4. The van der Waals surface area contributed by atoms with Gasteiger partial charge in [-0.1, -0.05) is 6.07 Å². The van der Waals surface area contributed by atoms with Crippen LogP contribution >= 0.6 is 15.9 Å². The van der Waals surface area contributed by atoms with Crippen molar-refractivity contribution in [1.82, 2.24) is 0 Å². The van der Waals surface area contributed by atoms with Crippen LogP contribution in [0.2, 0.25) is 0 Å². The lowest BCUT2D eigenvalue weighted by molar-refractivity contribution is 0.0992. The van der Waals surface area contributed by atoms with Gasteiger partial charge in [0.2, 0.25) is 0 Å². The Morgan fingerprint density at radius 2 is 2.05 bits per heavy atom. The lowest BCUT2D eigenvalue weighted by Gasteiger charge is -2.18. The van der Waals surface area contributed by atoms with Crippen molar-refractivity contribution in [2.45, 2.75) is 0 Å². The second-order valence-corrected chi connectivity index (χ2v) is 5.00. The summed E-state index contributed by atoms with van der Waals surface area (Å²) in [7, 11) is 1.61. The average Bonchev–Trinajstić information content (AvgIpc) is 2.46. The van der Waals surface area contributed by atoms with Crippen molar-refractivity contribution >= 4 is 27.5 Å². The van der Waals surface area contributed by atoms with Gasteiger partial charge in [-0.3, -0.25) is 4.79 Å². The molecule has 3 nitrogen and oxygen atoms in total. The maximum Gasteiger partial charge on any atom is 0.259 e. The molecule has 0 atom stereocenters. The van der Waals surface area contributed by atoms with Gasteiger partial charge in [0.05, 0.1) is 17.2 Å². The number of hydrogen-bond acceptors (Lipinski definition) is 2. The van der Waals surface area contributed by atoms with E-state index in [4.69, 9.17) is 5.26 Å². The summed E-state index contributed by atoms with van der Waals surface area (Å²) in [6.45, 7) is 0. The number of halogens is 2. The fraction of sp³-hybridized carbons (Fsp3) is 0.0667. The quantitative estimate of drug-likeness (QED) is 0.840. The molecule has 0 aromatic heterocycles. The molecule has 0 aliphatic rings. The van der Waals surface area contributed by atoms with Crippen LogP contribution in [0.3, 0.4) is 0 Å². The minimum absolute atomic E-state index is 0.285. The van der Waals surface area contributed by atoms with E-state index in [9.17, 15) is 9.18 Å². The number of carbonyl (C=O) groups is 1. The predicted molar refractivity (Wildman–Crippen MR) is 78.0 cm³/mol. The van der Waals surface area contributed by atoms with Crippen LogP contribution in [-0.4, -0.2) is 13.0 Å². The van der Waals surface area contributed by atoms with E-state index >= 15 is 0 Å². The normalized spacial score (nSPS) is 9.90. The van der Waals surface area contributed by atoms with Crippen molar-refractivity contribution < 1.29 is 9.18 Å². The highest BCUT2D eigenvalue weighted by Crippen LogP contribution is 2.22. The molecule has 0 spiro atoms. The third-order valence-electron chi connectivity index (χ3n) is 2.83. The number of carbonyl (C=O) groups excluding carboxylic acids is 1. The number of hydrogen-bond donors (Lipinski definition) is 0. The predicted octanol–water partition coefficient (Wildman–Crippen LogP) is 3.74. The minimum atomic E-state index is -0.414. The van der Waals surface area contributed by atoms with E-state index < -0.39 is 5.82 Å². The summed E-state index contributed by atoms with van der Waals surface area (Å²) in [5.41, 5.74) is 1.43. The van der Waals surface area contributed by atoms with E-state index in [2.05, 4.69) is 15.9 Å². The van der Waals surface area contributed by atoms with Crippen molar-refractivity contribution in [1.29, 1.82) is 5.26 Å². The zero-order valence-corrected chi connectivity index (χ0v) is 12.2. The summed E-state index contributed by atoms with van der Waals surface area (Å²) in [5.74, 6) is -0.700. The van der Waals surface area contributed by atoms with Gasteiger partial charge >= 0.3 is 0 Å². The van der Waals surface area contributed by atoms with Crippen molar-refractivity contribution in [3.05, 3.63) is 63.9 Å². The lowest BCUT2D eigenvalue weighted by atomic mass is 10.1. The molecule has 0 heterocycles. The SMILES string of the molecule is CN(C(=O)c1ccc(F)cc1Br)c1cccc(C#N)c1. The first kappa shape index (κ1) is 14.2. The van der Waals surface area contributed by atoms with E-state index in [-0.39, 0.29) is 5.91 Å². The molecule has 5 heteroatoms. The molecule has 0 saturated carbocycles. The summed E-state index contributed by atoms with van der Waals surface area (Å²) in [4.78, 5) is 13.8. The zero-order valence-electron chi connectivity index (χ0n) is 10.6. The van der Waals surface area contributed by atoms with E-state index in [1.807, 2.05) is 6.07 Å². The van der Waals surface area contributed by atoms with Gasteiger partial charge < -0.3 is 4.90 Å². The highest BCUT2D eigenvalue weighted by Gasteiger charge is 2.17. The molecule has 0 unspecified atom stereocenters. The number of amides is 1. The largest absolute Gasteiger partial charge is 0.311 e. The fourth-order valence-electron chi connectivity index (χ4n) is 1.74. The number of benzene rings is 2. The molecule has 0 bridgehead atoms. The highest BCUT2D eigenvalue weighted by atomic mass is 79.9. The number of nitrogens with zero attached hydrogens (tertiary/aromatic N) is 2. The van der Waals surface area contributed by atoms with Crippen LogP contribution in [0.5, 0.6) is 0 Å². The van der Waals surface area contributed by atoms with Crippen LogP contribution in [0, 0.1) is 17.1 Å². The molecule has 0 fully saturated rings. The summed E-state index contributed by atoms with van der Waals surface area (Å²) >= 11 is 3.18. The van der Waals surface area contributed by atoms with Crippen molar-refractivity contribution in [3.8, 4) is 6.07 Å². The van der Waals surface area contributed by atoms with Gasteiger partial charge in [-0.2, -0.15) is 5.26 Å². The van der Waals surface area contributed by atoms with Crippen LogP contribution in [0.1, 0.15) is 15.9 Å². The van der Waals surface area contributed by atoms with Gasteiger partial charge in [-0.15, -0.1) is 0 Å². The summed E-state index contributed by atoms with van der Waals surface area (Å²) in [6.07, 6.45) is 0. The zero-order chi connectivity index (χ0) is 14.7. The van der Waals surface area contributed by atoms with Gasteiger partial charge in [-0.05, 0) is 52.3 Å². The molecule has 2 aromatic carbocycles.